The molecule has 0 saturated carbocycles. The molecule has 1 heterocycles. The Kier molecular flexibility index (Phi) is 5.05. The molecule has 0 bridgehead atoms. The highest BCUT2D eigenvalue weighted by molar-refractivity contribution is 4.96. The molecule has 1 aromatic heterocycles. The quantitative estimate of drug-likeness (QED) is 0.621. The summed E-state index contributed by atoms with van der Waals surface area (Å²) in [6, 6.07) is 1.89. The maximum absolute atomic E-state index is 8.53. The maximum Gasteiger partial charge on any atom is 0.115 e. The highest BCUT2D eigenvalue weighted by atomic mass is 16.2. The molecule has 13 heavy (non-hydrogen) atoms. The topological polar surface area (TPSA) is 58.0 Å². The minimum Gasteiger partial charge on any atom is -0.396 e. The Morgan fingerprint density at radius 1 is 1.38 bits per heavy atom. The highest BCUT2D eigenvalue weighted by Gasteiger charge is 1.91. The fourth-order valence-electron chi connectivity index (χ4n) is 1.00. The Morgan fingerprint density at radius 3 is 3.00 bits per heavy atom. The molecule has 0 aliphatic carbocycles. The van der Waals surface area contributed by atoms with Crippen LogP contribution in [0.5, 0.6) is 0 Å². The zero-order chi connectivity index (χ0) is 9.36. The van der Waals surface area contributed by atoms with E-state index in [1.165, 1.54) is 0 Å². The third-order valence-electron chi connectivity index (χ3n) is 1.71. The van der Waals surface area contributed by atoms with Gasteiger partial charge in [-0.05, 0) is 25.5 Å². The molecule has 0 aromatic carbocycles. The molecular formula is C9H15N3O. The van der Waals surface area contributed by atoms with Crippen LogP contribution in [0.2, 0.25) is 0 Å². The summed E-state index contributed by atoms with van der Waals surface area (Å²) in [5.41, 5.74) is 0.999. The van der Waals surface area contributed by atoms with E-state index in [-0.39, 0.29) is 6.61 Å². The second kappa shape index (κ2) is 6.51. The second-order valence-electron chi connectivity index (χ2n) is 2.81. The van der Waals surface area contributed by atoms with Crippen molar-refractivity contribution in [2.24, 2.45) is 0 Å². The third-order valence-corrected chi connectivity index (χ3v) is 1.71. The minimum absolute atomic E-state index is 0.273. The van der Waals surface area contributed by atoms with Gasteiger partial charge in [0.15, 0.2) is 0 Å². The van der Waals surface area contributed by atoms with Gasteiger partial charge in [-0.25, -0.2) is 9.97 Å². The van der Waals surface area contributed by atoms with Crippen LogP contribution in [0.15, 0.2) is 18.6 Å². The lowest BCUT2D eigenvalue weighted by atomic mass is 10.3. The molecule has 0 saturated heterocycles. The van der Waals surface area contributed by atoms with E-state index in [4.69, 9.17) is 5.11 Å². The first kappa shape index (κ1) is 10.1. The fourth-order valence-corrected chi connectivity index (χ4v) is 1.00. The number of rotatable bonds is 6. The van der Waals surface area contributed by atoms with Gasteiger partial charge >= 0.3 is 0 Å². The normalized spacial score (nSPS) is 10.2. The number of unbranched alkanes of at least 4 members (excludes halogenated alkanes) is 1. The van der Waals surface area contributed by atoms with Gasteiger partial charge in [-0.15, -0.1) is 0 Å². The molecule has 1 rings (SSSR count). The smallest absolute Gasteiger partial charge is 0.115 e. The van der Waals surface area contributed by atoms with Crippen LogP contribution in [0.1, 0.15) is 18.5 Å². The van der Waals surface area contributed by atoms with Crippen LogP contribution in [-0.2, 0) is 6.54 Å². The van der Waals surface area contributed by atoms with Crippen molar-refractivity contribution >= 4 is 0 Å². The van der Waals surface area contributed by atoms with E-state index in [1.54, 1.807) is 12.5 Å². The zero-order valence-corrected chi connectivity index (χ0v) is 7.61. The van der Waals surface area contributed by atoms with Crippen molar-refractivity contribution in [3.63, 3.8) is 0 Å². The molecule has 0 radical (unpaired) electrons. The van der Waals surface area contributed by atoms with Gasteiger partial charge in [-0.2, -0.15) is 0 Å². The van der Waals surface area contributed by atoms with Gasteiger partial charge in [-0.3, -0.25) is 0 Å². The van der Waals surface area contributed by atoms with Crippen molar-refractivity contribution in [1.82, 2.24) is 15.3 Å². The summed E-state index contributed by atoms with van der Waals surface area (Å²) in [6.07, 6.45) is 5.14. The van der Waals surface area contributed by atoms with Crippen molar-refractivity contribution in [2.75, 3.05) is 13.2 Å². The fraction of sp³-hybridized carbons (Fsp3) is 0.556. The number of nitrogens with zero attached hydrogens (tertiary/aromatic N) is 2. The molecule has 0 atom stereocenters. The van der Waals surface area contributed by atoms with Crippen LogP contribution in [0, 0.1) is 0 Å². The summed E-state index contributed by atoms with van der Waals surface area (Å²) in [6.45, 7) is 1.97. The number of nitrogens with one attached hydrogen (secondary N) is 1. The van der Waals surface area contributed by atoms with Crippen molar-refractivity contribution in [3.05, 3.63) is 24.3 Å². The van der Waals surface area contributed by atoms with Gasteiger partial charge in [-0.1, -0.05) is 0 Å². The number of hydrogen-bond acceptors (Lipinski definition) is 4. The Labute approximate surface area is 78.0 Å². The number of aliphatic hydroxyl groups excluding tert-OH is 1. The highest BCUT2D eigenvalue weighted by Crippen LogP contribution is 1.90. The third kappa shape index (κ3) is 4.55. The Balaban J connectivity index is 2.07. The summed E-state index contributed by atoms with van der Waals surface area (Å²) >= 11 is 0. The molecule has 0 unspecified atom stereocenters. The van der Waals surface area contributed by atoms with Gasteiger partial charge in [0.2, 0.25) is 0 Å². The van der Waals surface area contributed by atoms with Crippen LogP contribution < -0.4 is 5.32 Å². The van der Waals surface area contributed by atoms with Gasteiger partial charge in [0, 0.05) is 19.3 Å². The zero-order valence-electron chi connectivity index (χ0n) is 7.61. The Morgan fingerprint density at radius 2 is 2.31 bits per heavy atom. The summed E-state index contributed by atoms with van der Waals surface area (Å²) in [7, 11) is 0. The number of aromatic nitrogens is 2. The van der Waals surface area contributed by atoms with Gasteiger partial charge in [0.25, 0.3) is 0 Å². The molecule has 4 nitrogen and oxygen atoms in total. The first-order valence-corrected chi connectivity index (χ1v) is 4.50. The van der Waals surface area contributed by atoms with E-state index in [9.17, 15) is 0 Å². The molecule has 0 amide bonds. The lowest BCUT2D eigenvalue weighted by molar-refractivity contribution is 0.283. The molecule has 1 aromatic rings. The second-order valence-corrected chi connectivity index (χ2v) is 2.81. The molecule has 2 N–H and O–H groups in total. The average Bonchev–Trinajstić information content (AvgIpc) is 2.19. The standard InChI is InChI=1S/C9H15N3O/c13-6-2-1-4-10-7-9-3-5-11-8-12-9/h3,5,8,10,13H,1-2,4,6-7H2. The van der Waals surface area contributed by atoms with Crippen molar-refractivity contribution < 1.29 is 5.11 Å². The lowest BCUT2D eigenvalue weighted by Crippen LogP contribution is -2.15. The number of aliphatic hydroxyl groups is 1. The minimum atomic E-state index is 0.273. The van der Waals surface area contributed by atoms with Crippen LogP contribution in [0.25, 0.3) is 0 Å². The molecule has 0 aliphatic heterocycles. The SMILES string of the molecule is OCCCCNCc1ccncn1. The molecule has 4 heteroatoms. The predicted octanol–water partition coefficient (Wildman–Crippen LogP) is 0.339. The Hall–Kier alpha value is -1.00. The largest absolute Gasteiger partial charge is 0.396 e. The van der Waals surface area contributed by atoms with E-state index in [0.717, 1.165) is 31.6 Å². The van der Waals surface area contributed by atoms with E-state index in [2.05, 4.69) is 15.3 Å². The number of hydrogen-bond donors (Lipinski definition) is 2. The predicted molar refractivity (Wildman–Crippen MR) is 50.1 cm³/mol. The monoisotopic (exact) mass is 181 g/mol. The van der Waals surface area contributed by atoms with Crippen LogP contribution in [0.4, 0.5) is 0 Å². The van der Waals surface area contributed by atoms with Gasteiger partial charge < -0.3 is 10.4 Å². The van der Waals surface area contributed by atoms with Crippen LogP contribution >= 0.6 is 0 Å². The van der Waals surface area contributed by atoms with E-state index in [0.29, 0.717) is 0 Å². The average molecular weight is 181 g/mol. The molecular weight excluding hydrogens is 166 g/mol. The molecule has 0 aliphatic rings. The first-order valence-electron chi connectivity index (χ1n) is 4.50. The summed E-state index contributed by atoms with van der Waals surface area (Å²) in [4.78, 5) is 7.90. The summed E-state index contributed by atoms with van der Waals surface area (Å²) < 4.78 is 0. The molecule has 0 spiro atoms. The van der Waals surface area contributed by atoms with Gasteiger partial charge in [0.1, 0.15) is 6.33 Å². The van der Waals surface area contributed by atoms with E-state index >= 15 is 0 Å². The first-order chi connectivity index (χ1) is 6.43. The van der Waals surface area contributed by atoms with Crippen molar-refractivity contribution in [3.8, 4) is 0 Å². The van der Waals surface area contributed by atoms with E-state index in [1.807, 2.05) is 6.07 Å². The van der Waals surface area contributed by atoms with Crippen LogP contribution in [0.3, 0.4) is 0 Å². The maximum atomic E-state index is 8.53. The van der Waals surface area contributed by atoms with Crippen LogP contribution in [-0.4, -0.2) is 28.2 Å². The lowest BCUT2D eigenvalue weighted by Gasteiger charge is -2.02. The van der Waals surface area contributed by atoms with Crippen molar-refractivity contribution in [2.45, 2.75) is 19.4 Å². The van der Waals surface area contributed by atoms with Gasteiger partial charge in [0.05, 0.1) is 5.69 Å². The summed E-state index contributed by atoms with van der Waals surface area (Å²) in [5, 5.41) is 11.8. The Bertz CT molecular complexity index is 215. The van der Waals surface area contributed by atoms with Crippen molar-refractivity contribution in [1.29, 1.82) is 0 Å². The summed E-state index contributed by atoms with van der Waals surface area (Å²) in [5.74, 6) is 0. The van der Waals surface area contributed by atoms with E-state index < -0.39 is 0 Å². The molecule has 0 fully saturated rings. The molecule has 72 valence electrons.